The fourth-order valence-corrected chi connectivity index (χ4v) is 1.29. The highest BCUT2D eigenvalue weighted by Crippen LogP contribution is 2.19. The molecule has 0 aromatic carbocycles. The predicted molar refractivity (Wildman–Crippen MR) is 49.4 cm³/mol. The molecule has 7 heteroatoms. The summed E-state index contributed by atoms with van der Waals surface area (Å²) in [7, 11) is 0. The van der Waals surface area contributed by atoms with Crippen molar-refractivity contribution >= 4 is 21.8 Å². The maximum atomic E-state index is 11.7. The monoisotopic (exact) mass is 285 g/mol. The Morgan fingerprint density at radius 2 is 2.20 bits per heavy atom. The van der Waals surface area contributed by atoms with Gasteiger partial charge in [-0.3, -0.25) is 4.79 Å². The van der Waals surface area contributed by atoms with Crippen molar-refractivity contribution in [3.8, 4) is 0 Å². The highest BCUT2D eigenvalue weighted by molar-refractivity contribution is 9.10. The van der Waals surface area contributed by atoms with E-state index in [4.69, 9.17) is 4.42 Å². The van der Waals surface area contributed by atoms with Crippen molar-refractivity contribution in [2.75, 3.05) is 6.54 Å². The summed E-state index contributed by atoms with van der Waals surface area (Å²) in [6, 6.07) is 1.37. The molecule has 0 bridgehead atoms. The summed E-state index contributed by atoms with van der Waals surface area (Å²) in [5.74, 6) is -0.597. The number of hydrogen-bond donors (Lipinski definition) is 1. The van der Waals surface area contributed by atoms with E-state index in [1.54, 1.807) is 0 Å². The largest absolute Gasteiger partial charge is 0.457 e. The minimum Gasteiger partial charge on any atom is -0.457 e. The molecule has 0 atom stereocenters. The molecule has 0 spiro atoms. The third-order valence-electron chi connectivity index (χ3n) is 1.56. The number of furan rings is 1. The molecule has 0 fully saturated rings. The Bertz CT molecular complexity index is 348. The van der Waals surface area contributed by atoms with Crippen LogP contribution in [-0.4, -0.2) is 18.6 Å². The number of carbonyl (C=O) groups is 1. The molecule has 3 nitrogen and oxygen atoms in total. The van der Waals surface area contributed by atoms with E-state index in [9.17, 15) is 18.0 Å². The lowest BCUT2D eigenvalue weighted by atomic mass is 10.3. The van der Waals surface area contributed by atoms with Gasteiger partial charge in [-0.2, -0.15) is 13.2 Å². The first-order chi connectivity index (χ1) is 6.90. The molecule has 0 saturated carbocycles. The molecule has 1 rings (SSSR count). The van der Waals surface area contributed by atoms with Crippen molar-refractivity contribution in [1.82, 2.24) is 5.32 Å². The Hall–Kier alpha value is -0.980. The lowest BCUT2D eigenvalue weighted by Crippen LogP contribution is -2.27. The van der Waals surface area contributed by atoms with Gasteiger partial charge in [0.05, 0.1) is 18.2 Å². The van der Waals surface area contributed by atoms with Crippen molar-refractivity contribution in [3.63, 3.8) is 0 Å². The SMILES string of the molecule is O=C(NCCC(F)(F)F)c1ccoc1Br. The quantitative estimate of drug-likeness (QED) is 0.928. The van der Waals surface area contributed by atoms with E-state index in [1.165, 1.54) is 12.3 Å². The van der Waals surface area contributed by atoms with E-state index >= 15 is 0 Å². The molecule has 84 valence electrons. The molecule has 1 aromatic rings. The second-order valence-corrected chi connectivity index (χ2v) is 3.45. The highest BCUT2D eigenvalue weighted by Gasteiger charge is 2.26. The lowest BCUT2D eigenvalue weighted by molar-refractivity contribution is -0.132. The van der Waals surface area contributed by atoms with Crippen LogP contribution in [0.3, 0.4) is 0 Å². The van der Waals surface area contributed by atoms with Gasteiger partial charge in [-0.05, 0) is 22.0 Å². The van der Waals surface area contributed by atoms with Crippen molar-refractivity contribution in [2.24, 2.45) is 0 Å². The van der Waals surface area contributed by atoms with E-state index in [0.717, 1.165) is 0 Å². The summed E-state index contributed by atoms with van der Waals surface area (Å²) < 4.78 is 40.2. The fraction of sp³-hybridized carbons (Fsp3) is 0.375. The predicted octanol–water partition coefficient (Wildman–Crippen LogP) is 2.72. The number of nitrogens with one attached hydrogen (secondary N) is 1. The zero-order chi connectivity index (χ0) is 11.5. The zero-order valence-corrected chi connectivity index (χ0v) is 8.98. The molecule has 1 amide bonds. The minimum atomic E-state index is -4.26. The molecule has 0 aliphatic carbocycles. The van der Waals surface area contributed by atoms with Crippen LogP contribution in [0.4, 0.5) is 13.2 Å². The van der Waals surface area contributed by atoms with Crippen molar-refractivity contribution in [1.29, 1.82) is 0 Å². The van der Waals surface area contributed by atoms with Crippen LogP contribution in [0.2, 0.25) is 0 Å². The standard InChI is InChI=1S/C8H7BrF3NO2/c9-6-5(1-4-15-6)7(14)13-3-2-8(10,11)12/h1,4H,2-3H2,(H,13,14). The topological polar surface area (TPSA) is 42.2 Å². The van der Waals surface area contributed by atoms with Crippen molar-refractivity contribution in [2.45, 2.75) is 12.6 Å². The summed E-state index contributed by atoms with van der Waals surface area (Å²) in [5.41, 5.74) is 0.178. The van der Waals surface area contributed by atoms with E-state index in [0.29, 0.717) is 0 Å². The molecule has 0 unspecified atom stereocenters. The number of rotatable bonds is 3. The van der Waals surface area contributed by atoms with Gasteiger partial charge < -0.3 is 9.73 Å². The van der Waals surface area contributed by atoms with Crippen LogP contribution in [0.5, 0.6) is 0 Å². The summed E-state index contributed by atoms with van der Waals surface area (Å²) in [6.07, 6.45) is -4.04. The van der Waals surface area contributed by atoms with Gasteiger partial charge in [0.15, 0.2) is 4.67 Å². The Morgan fingerprint density at radius 3 is 2.67 bits per heavy atom. The Labute approximate surface area is 91.8 Å². The maximum Gasteiger partial charge on any atom is 0.390 e. The van der Waals surface area contributed by atoms with Crippen LogP contribution < -0.4 is 5.32 Å². The number of halogens is 4. The van der Waals surface area contributed by atoms with Crippen LogP contribution >= 0.6 is 15.9 Å². The molecular formula is C8H7BrF3NO2. The second-order valence-electron chi connectivity index (χ2n) is 2.73. The molecule has 0 aliphatic rings. The van der Waals surface area contributed by atoms with Crippen LogP contribution in [-0.2, 0) is 0 Å². The average Bonchev–Trinajstić information content (AvgIpc) is 2.48. The average molecular weight is 286 g/mol. The minimum absolute atomic E-state index is 0.178. The number of hydrogen-bond acceptors (Lipinski definition) is 2. The number of alkyl halides is 3. The summed E-state index contributed by atoms with van der Waals surface area (Å²) in [5, 5.41) is 2.13. The normalized spacial score (nSPS) is 11.5. The number of carbonyl (C=O) groups excluding carboxylic acids is 1. The van der Waals surface area contributed by atoms with Crippen LogP contribution in [0, 0.1) is 0 Å². The van der Waals surface area contributed by atoms with Crippen molar-refractivity contribution < 1.29 is 22.4 Å². The fourth-order valence-electron chi connectivity index (χ4n) is 0.869. The molecule has 15 heavy (non-hydrogen) atoms. The van der Waals surface area contributed by atoms with Gasteiger partial charge in [-0.25, -0.2) is 0 Å². The Kier molecular flexibility index (Phi) is 3.78. The summed E-state index contributed by atoms with van der Waals surface area (Å²) in [6.45, 7) is -0.444. The molecule has 0 saturated heterocycles. The van der Waals surface area contributed by atoms with Gasteiger partial charge in [-0.1, -0.05) is 0 Å². The summed E-state index contributed by atoms with van der Waals surface area (Å²) in [4.78, 5) is 11.2. The van der Waals surface area contributed by atoms with E-state index in [-0.39, 0.29) is 10.2 Å². The van der Waals surface area contributed by atoms with Crippen molar-refractivity contribution in [3.05, 3.63) is 22.6 Å². The molecule has 1 N–H and O–H groups in total. The van der Waals surface area contributed by atoms with Gasteiger partial charge in [0.2, 0.25) is 0 Å². The van der Waals surface area contributed by atoms with Crippen LogP contribution in [0.1, 0.15) is 16.8 Å². The molecular weight excluding hydrogens is 279 g/mol. The van der Waals surface area contributed by atoms with Gasteiger partial charge in [-0.15, -0.1) is 0 Å². The van der Waals surface area contributed by atoms with Gasteiger partial charge in [0.25, 0.3) is 5.91 Å². The summed E-state index contributed by atoms with van der Waals surface area (Å²) >= 11 is 2.95. The smallest absolute Gasteiger partial charge is 0.390 e. The Balaban J connectivity index is 2.41. The molecule has 1 aromatic heterocycles. The molecule has 0 aliphatic heterocycles. The second kappa shape index (κ2) is 4.69. The zero-order valence-electron chi connectivity index (χ0n) is 7.40. The van der Waals surface area contributed by atoms with Crippen LogP contribution in [0.15, 0.2) is 21.4 Å². The maximum absolute atomic E-state index is 11.7. The number of amides is 1. The lowest BCUT2D eigenvalue weighted by Gasteiger charge is -2.06. The highest BCUT2D eigenvalue weighted by atomic mass is 79.9. The van der Waals surface area contributed by atoms with Gasteiger partial charge in [0, 0.05) is 6.54 Å². The van der Waals surface area contributed by atoms with E-state index in [1.807, 2.05) is 0 Å². The molecule has 0 radical (unpaired) electrons. The molecule has 1 heterocycles. The van der Waals surface area contributed by atoms with Gasteiger partial charge in [0.1, 0.15) is 0 Å². The first-order valence-corrected chi connectivity index (χ1v) is 4.77. The van der Waals surface area contributed by atoms with E-state index in [2.05, 4.69) is 21.2 Å². The first-order valence-electron chi connectivity index (χ1n) is 3.98. The third kappa shape index (κ3) is 3.94. The van der Waals surface area contributed by atoms with E-state index < -0.39 is 25.0 Å². The van der Waals surface area contributed by atoms with Gasteiger partial charge >= 0.3 is 6.18 Å². The first kappa shape index (κ1) is 12.1. The Morgan fingerprint density at radius 1 is 1.53 bits per heavy atom. The third-order valence-corrected chi connectivity index (χ3v) is 2.17. The van der Waals surface area contributed by atoms with Crippen LogP contribution in [0.25, 0.3) is 0 Å².